The van der Waals surface area contributed by atoms with Crippen molar-refractivity contribution >= 4 is 51.8 Å². The van der Waals surface area contributed by atoms with Crippen molar-refractivity contribution in [2.45, 2.75) is 13.5 Å². The smallest absolute Gasteiger partial charge is 0.254 e. The predicted molar refractivity (Wildman–Crippen MR) is 74.6 cm³/mol. The lowest BCUT2D eigenvalue weighted by Crippen LogP contribution is -2.22. The number of thiophene rings is 2. The number of carbonyl (C=O) groups excluding carboxylic acids is 1. The number of hydrogen-bond acceptors (Lipinski definition) is 3. The molecule has 2 nitrogen and oxygen atoms in total. The van der Waals surface area contributed by atoms with Crippen molar-refractivity contribution in [3.63, 3.8) is 0 Å². The molecule has 1 amide bonds. The van der Waals surface area contributed by atoms with Crippen molar-refractivity contribution in [2.24, 2.45) is 0 Å². The first-order valence-corrected chi connectivity index (χ1v) is 7.29. The van der Waals surface area contributed by atoms with Crippen LogP contribution in [0.4, 0.5) is 0 Å². The van der Waals surface area contributed by atoms with Crippen LogP contribution in [0.25, 0.3) is 0 Å². The molecule has 6 heteroatoms. The van der Waals surface area contributed by atoms with Gasteiger partial charge in [-0.3, -0.25) is 4.79 Å². The molecule has 2 aromatic rings. The minimum absolute atomic E-state index is 0.189. The SMILES string of the molecule is Cc1ccsc1CNC(=O)c1cc(Cl)sc1Cl. The number of hydrogen-bond donors (Lipinski definition) is 1. The molecule has 0 saturated carbocycles. The van der Waals surface area contributed by atoms with Crippen molar-refractivity contribution in [3.8, 4) is 0 Å². The monoisotopic (exact) mass is 305 g/mol. The van der Waals surface area contributed by atoms with Gasteiger partial charge in [-0.25, -0.2) is 0 Å². The van der Waals surface area contributed by atoms with Gasteiger partial charge in [0.1, 0.15) is 4.34 Å². The Hall–Kier alpha value is -0.550. The summed E-state index contributed by atoms with van der Waals surface area (Å²) in [6.07, 6.45) is 0. The lowest BCUT2D eigenvalue weighted by atomic mass is 10.3. The van der Waals surface area contributed by atoms with Crippen LogP contribution < -0.4 is 5.32 Å². The molecule has 0 saturated heterocycles. The van der Waals surface area contributed by atoms with E-state index in [1.165, 1.54) is 16.9 Å². The van der Waals surface area contributed by atoms with Crippen LogP contribution in [0.15, 0.2) is 17.5 Å². The van der Waals surface area contributed by atoms with E-state index in [9.17, 15) is 4.79 Å². The molecule has 2 rings (SSSR count). The fourth-order valence-corrected chi connectivity index (χ4v) is 3.64. The number of amides is 1. The van der Waals surface area contributed by atoms with Gasteiger partial charge in [0.05, 0.1) is 16.4 Å². The maximum atomic E-state index is 11.8. The Bertz CT molecular complexity index is 547. The number of halogens is 2. The molecule has 0 radical (unpaired) electrons. The Morgan fingerprint density at radius 1 is 1.47 bits per heavy atom. The maximum Gasteiger partial charge on any atom is 0.254 e. The zero-order chi connectivity index (χ0) is 12.4. The Balaban J connectivity index is 2.03. The van der Waals surface area contributed by atoms with Crippen LogP contribution in [0.2, 0.25) is 8.67 Å². The molecule has 0 aliphatic rings. The molecule has 90 valence electrons. The fourth-order valence-electron chi connectivity index (χ4n) is 1.34. The van der Waals surface area contributed by atoms with Crippen molar-refractivity contribution in [1.82, 2.24) is 5.32 Å². The van der Waals surface area contributed by atoms with Gasteiger partial charge >= 0.3 is 0 Å². The highest BCUT2D eigenvalue weighted by molar-refractivity contribution is 7.20. The molecule has 2 heterocycles. The van der Waals surface area contributed by atoms with E-state index in [0.717, 1.165) is 4.88 Å². The molecule has 2 aromatic heterocycles. The van der Waals surface area contributed by atoms with E-state index in [-0.39, 0.29) is 5.91 Å². The molecule has 0 bridgehead atoms. The van der Waals surface area contributed by atoms with Gasteiger partial charge in [-0.2, -0.15) is 0 Å². The second-order valence-electron chi connectivity index (χ2n) is 3.45. The van der Waals surface area contributed by atoms with Crippen LogP contribution in [0.1, 0.15) is 20.8 Å². The Kier molecular flexibility index (Phi) is 4.09. The van der Waals surface area contributed by atoms with Gasteiger partial charge in [0.2, 0.25) is 0 Å². The molecule has 17 heavy (non-hydrogen) atoms. The first-order valence-electron chi connectivity index (χ1n) is 4.84. The second kappa shape index (κ2) is 5.40. The third kappa shape index (κ3) is 3.01. The normalized spacial score (nSPS) is 10.5. The summed E-state index contributed by atoms with van der Waals surface area (Å²) in [4.78, 5) is 13.0. The summed E-state index contributed by atoms with van der Waals surface area (Å²) < 4.78 is 0.947. The molecule has 0 spiro atoms. The molecule has 1 N–H and O–H groups in total. The lowest BCUT2D eigenvalue weighted by Gasteiger charge is -2.03. The average molecular weight is 306 g/mol. The van der Waals surface area contributed by atoms with Crippen molar-refractivity contribution in [1.29, 1.82) is 0 Å². The zero-order valence-corrected chi connectivity index (χ0v) is 12.1. The highest BCUT2D eigenvalue weighted by atomic mass is 35.5. The molecule has 0 aromatic carbocycles. The summed E-state index contributed by atoms with van der Waals surface area (Å²) in [6.45, 7) is 2.54. The molecule has 0 fully saturated rings. The van der Waals surface area contributed by atoms with E-state index in [2.05, 4.69) is 5.32 Å². The quantitative estimate of drug-likeness (QED) is 0.897. The van der Waals surface area contributed by atoms with Gasteiger partial charge in [-0.05, 0) is 30.0 Å². The summed E-state index contributed by atoms with van der Waals surface area (Å²) in [6, 6.07) is 3.62. The van der Waals surface area contributed by atoms with Crippen molar-refractivity contribution in [2.75, 3.05) is 0 Å². The number of carbonyl (C=O) groups is 1. The standard InChI is InChI=1S/C11H9Cl2NOS2/c1-6-2-3-16-8(6)5-14-11(15)7-4-9(12)17-10(7)13/h2-4H,5H2,1H3,(H,14,15). The van der Waals surface area contributed by atoms with Gasteiger partial charge in [0.15, 0.2) is 0 Å². The van der Waals surface area contributed by atoms with Crippen LogP contribution in [-0.2, 0) is 6.54 Å². The van der Waals surface area contributed by atoms with E-state index >= 15 is 0 Å². The topological polar surface area (TPSA) is 29.1 Å². The Morgan fingerprint density at radius 3 is 2.76 bits per heavy atom. The summed E-state index contributed by atoms with van der Waals surface area (Å²) in [7, 11) is 0. The molecular formula is C11H9Cl2NOS2. The van der Waals surface area contributed by atoms with E-state index in [0.29, 0.717) is 20.8 Å². The van der Waals surface area contributed by atoms with Crippen LogP contribution in [-0.4, -0.2) is 5.91 Å². The van der Waals surface area contributed by atoms with E-state index in [1.54, 1.807) is 17.4 Å². The summed E-state index contributed by atoms with van der Waals surface area (Å²) in [5.74, 6) is -0.189. The second-order valence-corrected chi connectivity index (χ2v) is 6.73. The first-order chi connectivity index (χ1) is 8.08. The fraction of sp³-hybridized carbons (Fsp3) is 0.182. The lowest BCUT2D eigenvalue weighted by molar-refractivity contribution is 0.0952. The summed E-state index contributed by atoms with van der Waals surface area (Å²) in [5, 5.41) is 4.84. The van der Waals surface area contributed by atoms with E-state index in [4.69, 9.17) is 23.2 Å². The summed E-state index contributed by atoms with van der Waals surface area (Å²) in [5.41, 5.74) is 1.63. The third-order valence-electron chi connectivity index (χ3n) is 2.28. The molecule has 0 atom stereocenters. The maximum absolute atomic E-state index is 11.8. The highest BCUT2D eigenvalue weighted by Crippen LogP contribution is 2.31. The largest absolute Gasteiger partial charge is 0.347 e. The van der Waals surface area contributed by atoms with E-state index < -0.39 is 0 Å². The van der Waals surface area contributed by atoms with Crippen LogP contribution in [0, 0.1) is 6.92 Å². The minimum atomic E-state index is -0.189. The average Bonchev–Trinajstić information content (AvgIpc) is 2.81. The van der Waals surface area contributed by atoms with Gasteiger partial charge in [0, 0.05) is 4.88 Å². The minimum Gasteiger partial charge on any atom is -0.347 e. The third-order valence-corrected chi connectivity index (χ3v) is 4.79. The van der Waals surface area contributed by atoms with Gasteiger partial charge in [0.25, 0.3) is 5.91 Å². The van der Waals surface area contributed by atoms with Gasteiger partial charge in [-0.1, -0.05) is 23.2 Å². The molecule has 0 aliphatic carbocycles. The van der Waals surface area contributed by atoms with Crippen molar-refractivity contribution in [3.05, 3.63) is 42.2 Å². The number of nitrogens with one attached hydrogen (secondary N) is 1. The van der Waals surface area contributed by atoms with Crippen LogP contribution in [0.5, 0.6) is 0 Å². The van der Waals surface area contributed by atoms with Crippen LogP contribution in [0.3, 0.4) is 0 Å². The first kappa shape index (κ1) is 12.9. The number of aryl methyl sites for hydroxylation is 1. The van der Waals surface area contributed by atoms with Gasteiger partial charge in [-0.15, -0.1) is 22.7 Å². The van der Waals surface area contributed by atoms with Crippen LogP contribution >= 0.6 is 45.9 Å². The van der Waals surface area contributed by atoms with Gasteiger partial charge < -0.3 is 5.32 Å². The Morgan fingerprint density at radius 2 is 2.24 bits per heavy atom. The zero-order valence-electron chi connectivity index (χ0n) is 8.92. The Labute approximate surface area is 117 Å². The molecule has 0 unspecified atom stereocenters. The molecular weight excluding hydrogens is 297 g/mol. The molecule has 0 aliphatic heterocycles. The predicted octanol–water partition coefficient (Wildman–Crippen LogP) is 4.35. The summed E-state index contributed by atoms with van der Waals surface area (Å²) >= 11 is 14.5. The van der Waals surface area contributed by atoms with E-state index in [1.807, 2.05) is 18.4 Å². The number of rotatable bonds is 3. The van der Waals surface area contributed by atoms with Crippen molar-refractivity contribution < 1.29 is 4.79 Å². The highest BCUT2D eigenvalue weighted by Gasteiger charge is 2.14.